The van der Waals surface area contributed by atoms with Crippen LogP contribution in [0.3, 0.4) is 0 Å². The summed E-state index contributed by atoms with van der Waals surface area (Å²) in [6, 6.07) is 17.8. The van der Waals surface area contributed by atoms with E-state index in [0.717, 1.165) is 24.7 Å². The Morgan fingerprint density at radius 1 is 1.06 bits per heavy atom. The maximum absolute atomic E-state index is 13.1. The second-order valence-corrected chi connectivity index (χ2v) is 8.45. The number of rotatable bonds is 5. The molecule has 2 aromatic heterocycles. The van der Waals surface area contributed by atoms with E-state index >= 15 is 0 Å². The van der Waals surface area contributed by atoms with Crippen LogP contribution in [0.5, 0.6) is 5.75 Å². The number of anilines is 1. The molecule has 1 amide bonds. The molecule has 1 aliphatic rings. The Balaban J connectivity index is 1.23. The highest BCUT2D eigenvalue weighted by Crippen LogP contribution is 2.30. The minimum Gasteiger partial charge on any atom is -0.486 e. The summed E-state index contributed by atoms with van der Waals surface area (Å²) in [4.78, 5) is 17.3. The van der Waals surface area contributed by atoms with Gasteiger partial charge in [0.1, 0.15) is 18.2 Å². The summed E-state index contributed by atoms with van der Waals surface area (Å²) >= 11 is 1.52. The Hall–Kier alpha value is -3.32. The monoisotopic (exact) mass is 433 g/mol. The average Bonchev–Trinajstić information content (AvgIpc) is 3.45. The topological polar surface area (TPSA) is 58.8 Å². The lowest BCUT2D eigenvalue weighted by Gasteiger charge is -2.35. The van der Waals surface area contributed by atoms with Gasteiger partial charge < -0.3 is 19.0 Å². The molecule has 2 aromatic carbocycles. The van der Waals surface area contributed by atoms with Crippen molar-refractivity contribution in [1.82, 2.24) is 9.27 Å². The van der Waals surface area contributed by atoms with Crippen molar-refractivity contribution in [1.29, 1.82) is 0 Å². The average molecular weight is 434 g/mol. The Labute approximate surface area is 184 Å². The molecule has 4 aromatic rings. The smallest absolute Gasteiger partial charge is 0.257 e. The molecule has 0 bridgehead atoms. The van der Waals surface area contributed by atoms with Gasteiger partial charge in [0.15, 0.2) is 5.76 Å². The number of hydrogen-bond donors (Lipinski definition) is 0. The lowest BCUT2D eigenvalue weighted by atomic mass is 10.2. The second kappa shape index (κ2) is 8.43. The molecule has 0 radical (unpaired) electrons. The predicted molar refractivity (Wildman–Crippen MR) is 122 cm³/mol. The molecule has 0 spiro atoms. The van der Waals surface area contributed by atoms with Crippen LogP contribution < -0.4 is 9.64 Å². The van der Waals surface area contributed by atoms with E-state index in [-0.39, 0.29) is 12.5 Å². The normalized spacial score (nSPS) is 14.2. The van der Waals surface area contributed by atoms with Gasteiger partial charge in [0.05, 0.1) is 16.5 Å². The molecule has 1 aliphatic heterocycles. The number of nitrogens with zero attached hydrogens (tertiary/aromatic N) is 3. The zero-order chi connectivity index (χ0) is 21.2. The van der Waals surface area contributed by atoms with Crippen molar-refractivity contribution in [3.05, 3.63) is 77.7 Å². The van der Waals surface area contributed by atoms with Gasteiger partial charge in [-0.15, -0.1) is 0 Å². The van der Waals surface area contributed by atoms with Gasteiger partial charge in [-0.1, -0.05) is 29.8 Å². The van der Waals surface area contributed by atoms with Gasteiger partial charge in [0.2, 0.25) is 0 Å². The Morgan fingerprint density at radius 2 is 1.84 bits per heavy atom. The Kier molecular flexibility index (Phi) is 5.34. The first-order valence-electron chi connectivity index (χ1n) is 10.3. The lowest BCUT2D eigenvalue weighted by Crippen LogP contribution is -2.49. The van der Waals surface area contributed by atoms with Crippen molar-refractivity contribution in [3.8, 4) is 5.75 Å². The van der Waals surface area contributed by atoms with Crippen LogP contribution in [0.15, 0.2) is 65.3 Å². The number of aromatic nitrogens is 1. The number of aryl methyl sites for hydroxylation is 1. The first-order chi connectivity index (χ1) is 15.2. The molecule has 1 fully saturated rings. The number of amides is 1. The highest BCUT2D eigenvalue weighted by molar-refractivity contribution is 7.13. The van der Waals surface area contributed by atoms with E-state index in [2.05, 4.69) is 21.4 Å². The zero-order valence-corrected chi connectivity index (χ0v) is 18.1. The summed E-state index contributed by atoms with van der Waals surface area (Å²) in [6.45, 7) is 5.06. The summed E-state index contributed by atoms with van der Waals surface area (Å²) in [7, 11) is 0. The van der Waals surface area contributed by atoms with E-state index < -0.39 is 0 Å². The Morgan fingerprint density at radius 3 is 2.65 bits per heavy atom. The van der Waals surface area contributed by atoms with Crippen LogP contribution >= 0.6 is 11.5 Å². The molecular weight excluding hydrogens is 410 g/mol. The maximum atomic E-state index is 13.1. The quantitative estimate of drug-likeness (QED) is 0.455. The van der Waals surface area contributed by atoms with Crippen molar-refractivity contribution in [2.24, 2.45) is 0 Å². The molecule has 1 saturated heterocycles. The van der Waals surface area contributed by atoms with Gasteiger partial charge in [-0.2, -0.15) is 4.37 Å². The standard InChI is InChI=1S/C24H23N3O3S/c1-17-6-8-18(9-7-17)30-16-21-19(10-15-29-21)24(28)27-13-11-26(12-14-27)23-20-4-2-3-5-22(20)31-25-23/h2-10,15H,11-14,16H2,1H3. The predicted octanol–water partition coefficient (Wildman–Crippen LogP) is 4.74. The summed E-state index contributed by atoms with van der Waals surface area (Å²) in [6.07, 6.45) is 1.55. The minimum absolute atomic E-state index is 0.0148. The summed E-state index contributed by atoms with van der Waals surface area (Å²) in [5.74, 6) is 2.31. The molecule has 0 saturated carbocycles. The number of carbonyl (C=O) groups is 1. The van der Waals surface area contributed by atoms with Crippen molar-refractivity contribution in [2.75, 3.05) is 31.1 Å². The summed E-state index contributed by atoms with van der Waals surface area (Å²) < 4.78 is 17.2. The molecule has 0 aliphatic carbocycles. The van der Waals surface area contributed by atoms with E-state index in [1.807, 2.05) is 48.2 Å². The number of ether oxygens (including phenoxy) is 1. The lowest BCUT2D eigenvalue weighted by molar-refractivity contribution is 0.0742. The third-order valence-corrected chi connectivity index (χ3v) is 6.41. The molecular formula is C24H23N3O3S. The van der Waals surface area contributed by atoms with Crippen LogP contribution in [0.4, 0.5) is 5.82 Å². The number of benzene rings is 2. The maximum Gasteiger partial charge on any atom is 0.257 e. The summed E-state index contributed by atoms with van der Waals surface area (Å²) in [5, 5.41) is 1.18. The van der Waals surface area contributed by atoms with E-state index in [1.54, 1.807) is 12.3 Å². The van der Waals surface area contributed by atoms with E-state index in [9.17, 15) is 4.79 Å². The number of furan rings is 1. The molecule has 31 heavy (non-hydrogen) atoms. The SMILES string of the molecule is Cc1ccc(OCc2occc2C(=O)N2CCN(c3nsc4ccccc34)CC2)cc1. The molecule has 0 unspecified atom stereocenters. The van der Waals surface area contributed by atoms with Crippen LogP contribution in [0.2, 0.25) is 0 Å². The van der Waals surface area contributed by atoms with Crippen LogP contribution in [0, 0.1) is 6.92 Å². The minimum atomic E-state index is -0.0148. The fourth-order valence-corrected chi connectivity index (χ4v) is 4.61. The van der Waals surface area contributed by atoms with Crippen molar-refractivity contribution in [3.63, 3.8) is 0 Å². The third kappa shape index (κ3) is 4.01. The first-order valence-corrected chi connectivity index (χ1v) is 11.1. The van der Waals surface area contributed by atoms with Gasteiger partial charge >= 0.3 is 0 Å². The number of hydrogen-bond acceptors (Lipinski definition) is 6. The van der Waals surface area contributed by atoms with Crippen LogP contribution in [-0.2, 0) is 6.61 Å². The third-order valence-electron chi connectivity index (χ3n) is 5.59. The second-order valence-electron chi connectivity index (χ2n) is 7.64. The highest BCUT2D eigenvalue weighted by Gasteiger charge is 2.27. The van der Waals surface area contributed by atoms with Crippen molar-refractivity contribution < 1.29 is 13.9 Å². The fourth-order valence-electron chi connectivity index (χ4n) is 3.82. The van der Waals surface area contributed by atoms with Gasteiger partial charge in [-0.25, -0.2) is 0 Å². The molecule has 158 valence electrons. The zero-order valence-electron chi connectivity index (χ0n) is 17.3. The van der Waals surface area contributed by atoms with Gasteiger partial charge in [-0.3, -0.25) is 4.79 Å². The van der Waals surface area contributed by atoms with E-state index in [0.29, 0.717) is 24.4 Å². The molecule has 7 heteroatoms. The molecule has 0 atom stereocenters. The fraction of sp³-hybridized carbons (Fsp3) is 0.250. The van der Waals surface area contributed by atoms with Crippen molar-refractivity contribution in [2.45, 2.75) is 13.5 Å². The molecule has 3 heterocycles. The van der Waals surface area contributed by atoms with Crippen LogP contribution in [0.25, 0.3) is 10.1 Å². The summed E-state index contributed by atoms with van der Waals surface area (Å²) in [5.41, 5.74) is 1.74. The van der Waals surface area contributed by atoms with Gasteiger partial charge in [0, 0.05) is 31.6 Å². The van der Waals surface area contributed by atoms with Gasteiger partial charge in [0.25, 0.3) is 5.91 Å². The number of fused-ring (bicyclic) bond motifs is 1. The van der Waals surface area contributed by atoms with Crippen molar-refractivity contribution >= 4 is 33.3 Å². The molecule has 5 rings (SSSR count). The highest BCUT2D eigenvalue weighted by atomic mass is 32.1. The van der Waals surface area contributed by atoms with Crippen LogP contribution in [-0.4, -0.2) is 41.4 Å². The van der Waals surface area contributed by atoms with E-state index in [4.69, 9.17) is 9.15 Å². The van der Waals surface area contributed by atoms with Gasteiger partial charge in [-0.05, 0) is 48.8 Å². The van der Waals surface area contributed by atoms with Crippen LogP contribution in [0.1, 0.15) is 21.7 Å². The number of carbonyl (C=O) groups excluding carboxylic acids is 1. The number of piperazine rings is 1. The van der Waals surface area contributed by atoms with E-state index in [1.165, 1.54) is 27.2 Å². The Bertz CT molecular complexity index is 1190. The largest absolute Gasteiger partial charge is 0.486 e. The molecule has 0 N–H and O–H groups in total. The first kappa shape index (κ1) is 19.6. The molecule has 6 nitrogen and oxygen atoms in total.